The molecule has 1 saturated carbocycles. The standard InChI is InChI=1S/C22H19F4N3O4/c23-12-3-1-11(15(6-12)22(24,25)26)7-27-20(32)14-8-28-9-16-10-2-4-13(5-10)29(16)21(33)17(28)19(31)18(14)30/h1,3,6,8,10,13,16,31H,2,4-5,7,9H2,(H,27,32). The lowest BCUT2D eigenvalue weighted by atomic mass is 9.95. The molecule has 0 radical (unpaired) electrons. The number of carbonyl (C=O) groups is 2. The molecule has 3 heterocycles. The fourth-order valence-corrected chi connectivity index (χ4v) is 5.39. The minimum absolute atomic E-state index is 0.0808. The molecular formula is C22H19F4N3O4. The molecule has 7 nitrogen and oxygen atoms in total. The maximum absolute atomic E-state index is 13.3. The van der Waals surface area contributed by atoms with Crippen LogP contribution in [0.3, 0.4) is 0 Å². The number of hydrogen-bond donors (Lipinski definition) is 2. The third kappa shape index (κ3) is 3.37. The second kappa shape index (κ2) is 7.32. The first-order valence-corrected chi connectivity index (χ1v) is 10.5. The van der Waals surface area contributed by atoms with Crippen LogP contribution in [0.4, 0.5) is 17.6 Å². The lowest BCUT2D eigenvalue weighted by Crippen LogP contribution is -2.52. The molecule has 2 fully saturated rings. The Morgan fingerprint density at radius 1 is 1.21 bits per heavy atom. The van der Waals surface area contributed by atoms with E-state index < -0.39 is 52.7 Å². The average molecular weight is 465 g/mol. The lowest BCUT2D eigenvalue weighted by Gasteiger charge is -2.40. The van der Waals surface area contributed by atoms with Crippen LogP contribution < -0.4 is 10.7 Å². The van der Waals surface area contributed by atoms with E-state index in [0.717, 1.165) is 31.4 Å². The molecule has 2 amide bonds. The summed E-state index contributed by atoms with van der Waals surface area (Å²) in [6, 6.07) is 2.06. The number of benzene rings is 1. The van der Waals surface area contributed by atoms with Crippen LogP contribution in [-0.2, 0) is 19.3 Å². The van der Waals surface area contributed by atoms with Gasteiger partial charge >= 0.3 is 6.18 Å². The maximum Gasteiger partial charge on any atom is 0.416 e. The Morgan fingerprint density at radius 3 is 2.70 bits per heavy atom. The second-order valence-corrected chi connectivity index (χ2v) is 8.71. The Kier molecular flexibility index (Phi) is 4.77. The zero-order valence-electron chi connectivity index (χ0n) is 17.2. The average Bonchev–Trinajstić information content (AvgIpc) is 3.36. The van der Waals surface area contributed by atoms with Crippen LogP contribution in [0.15, 0.2) is 29.2 Å². The highest BCUT2D eigenvalue weighted by molar-refractivity contribution is 5.99. The van der Waals surface area contributed by atoms with Gasteiger partial charge < -0.3 is 19.9 Å². The number of fused-ring (bicyclic) bond motifs is 6. The SMILES string of the molecule is O=C(NCc1ccc(F)cc1C(F)(F)F)c1cn2c(c(O)c1=O)C(=O)N1C3CCC(C3)C1C2. The molecule has 5 rings (SSSR count). The van der Waals surface area contributed by atoms with E-state index in [-0.39, 0.29) is 23.3 Å². The Bertz CT molecular complexity index is 1240. The van der Waals surface area contributed by atoms with Gasteiger partial charge in [-0.15, -0.1) is 0 Å². The predicted octanol–water partition coefficient (Wildman–Crippen LogP) is 2.65. The molecule has 3 unspecified atom stereocenters. The van der Waals surface area contributed by atoms with Crippen molar-refractivity contribution < 1.29 is 32.3 Å². The van der Waals surface area contributed by atoms with Crippen molar-refractivity contribution in [2.24, 2.45) is 5.92 Å². The molecule has 0 spiro atoms. The molecule has 11 heteroatoms. The van der Waals surface area contributed by atoms with Crippen molar-refractivity contribution in [2.75, 3.05) is 0 Å². The number of amides is 2. The van der Waals surface area contributed by atoms with Gasteiger partial charge in [0.1, 0.15) is 11.4 Å². The van der Waals surface area contributed by atoms with Gasteiger partial charge in [0.25, 0.3) is 11.8 Å². The highest BCUT2D eigenvalue weighted by Gasteiger charge is 2.51. The van der Waals surface area contributed by atoms with Crippen molar-refractivity contribution in [1.29, 1.82) is 0 Å². The Balaban J connectivity index is 1.43. The molecule has 3 atom stereocenters. The van der Waals surface area contributed by atoms with Crippen molar-refractivity contribution >= 4 is 11.8 Å². The first-order chi connectivity index (χ1) is 15.6. The number of piperidine rings is 1. The number of nitrogens with zero attached hydrogens (tertiary/aromatic N) is 2. The van der Waals surface area contributed by atoms with Gasteiger partial charge in [-0.2, -0.15) is 13.2 Å². The molecule has 2 aromatic rings. The number of rotatable bonds is 3. The Morgan fingerprint density at radius 2 is 1.97 bits per heavy atom. The van der Waals surface area contributed by atoms with Gasteiger partial charge in [-0.3, -0.25) is 14.4 Å². The smallest absolute Gasteiger partial charge is 0.416 e. The van der Waals surface area contributed by atoms with Gasteiger partial charge in [-0.05, 0) is 42.9 Å². The number of pyridine rings is 1. The lowest BCUT2D eigenvalue weighted by molar-refractivity contribution is -0.138. The number of halogens is 4. The van der Waals surface area contributed by atoms with Crippen molar-refractivity contribution in [2.45, 2.75) is 50.6 Å². The van der Waals surface area contributed by atoms with Crippen molar-refractivity contribution in [3.8, 4) is 5.75 Å². The summed E-state index contributed by atoms with van der Waals surface area (Å²) in [5, 5.41) is 12.7. The molecule has 2 N–H and O–H groups in total. The fraction of sp³-hybridized carbons (Fsp3) is 0.409. The summed E-state index contributed by atoms with van der Waals surface area (Å²) < 4.78 is 54.2. The zero-order valence-corrected chi connectivity index (χ0v) is 17.2. The van der Waals surface area contributed by atoms with Gasteiger partial charge in [0, 0.05) is 25.3 Å². The molecule has 33 heavy (non-hydrogen) atoms. The maximum atomic E-state index is 13.3. The number of alkyl halides is 3. The van der Waals surface area contributed by atoms with Crippen LogP contribution >= 0.6 is 0 Å². The van der Waals surface area contributed by atoms with Gasteiger partial charge in [0.15, 0.2) is 11.4 Å². The van der Waals surface area contributed by atoms with Gasteiger partial charge in [-0.1, -0.05) is 6.07 Å². The fourth-order valence-electron chi connectivity index (χ4n) is 5.39. The quantitative estimate of drug-likeness (QED) is 0.682. The van der Waals surface area contributed by atoms with Crippen LogP contribution in [0.2, 0.25) is 0 Å². The highest BCUT2D eigenvalue weighted by atomic mass is 19.4. The van der Waals surface area contributed by atoms with Crippen LogP contribution in [0.5, 0.6) is 5.75 Å². The summed E-state index contributed by atoms with van der Waals surface area (Å²) in [6.07, 6.45) is -0.945. The van der Waals surface area contributed by atoms with E-state index in [1.165, 1.54) is 10.8 Å². The summed E-state index contributed by atoms with van der Waals surface area (Å²) in [4.78, 5) is 40.0. The first-order valence-electron chi connectivity index (χ1n) is 10.5. The van der Waals surface area contributed by atoms with Crippen molar-refractivity contribution in [3.63, 3.8) is 0 Å². The summed E-state index contributed by atoms with van der Waals surface area (Å²) in [5.74, 6) is -3.08. The van der Waals surface area contributed by atoms with Crippen LogP contribution in [0, 0.1) is 11.7 Å². The zero-order chi connectivity index (χ0) is 23.7. The van der Waals surface area contributed by atoms with E-state index in [4.69, 9.17) is 0 Å². The largest absolute Gasteiger partial charge is 0.503 e. The third-order valence-corrected chi connectivity index (χ3v) is 6.88. The Hall–Kier alpha value is -3.37. The van der Waals surface area contributed by atoms with E-state index in [1.54, 1.807) is 4.90 Å². The number of nitrogens with one attached hydrogen (secondary N) is 1. The Labute approximate surface area is 184 Å². The van der Waals surface area contributed by atoms with E-state index in [9.17, 15) is 37.1 Å². The first kappa shape index (κ1) is 21.5. The molecule has 174 valence electrons. The monoisotopic (exact) mass is 465 g/mol. The second-order valence-electron chi connectivity index (χ2n) is 8.71. The van der Waals surface area contributed by atoms with Gasteiger partial charge in [0.2, 0.25) is 5.43 Å². The van der Waals surface area contributed by atoms with Crippen molar-refractivity contribution in [3.05, 3.63) is 62.8 Å². The summed E-state index contributed by atoms with van der Waals surface area (Å²) in [7, 11) is 0. The molecule has 3 aliphatic rings. The summed E-state index contributed by atoms with van der Waals surface area (Å²) in [6.45, 7) is -0.304. The minimum atomic E-state index is -4.83. The third-order valence-electron chi connectivity index (χ3n) is 6.88. The van der Waals surface area contributed by atoms with E-state index in [2.05, 4.69) is 5.32 Å². The van der Waals surface area contributed by atoms with Crippen LogP contribution in [0.25, 0.3) is 0 Å². The molecule has 1 aromatic heterocycles. The minimum Gasteiger partial charge on any atom is -0.503 e. The molecular weight excluding hydrogens is 446 g/mol. The number of carbonyl (C=O) groups excluding carboxylic acids is 2. The highest BCUT2D eigenvalue weighted by Crippen LogP contribution is 2.45. The molecule has 2 bridgehead atoms. The normalized spacial score (nSPS) is 23.5. The van der Waals surface area contributed by atoms with Gasteiger partial charge in [0.05, 0.1) is 11.6 Å². The summed E-state index contributed by atoms with van der Waals surface area (Å²) in [5.41, 5.74) is -3.37. The van der Waals surface area contributed by atoms with E-state index >= 15 is 0 Å². The predicted molar refractivity (Wildman–Crippen MR) is 106 cm³/mol. The summed E-state index contributed by atoms with van der Waals surface area (Å²) >= 11 is 0. The molecule has 1 aliphatic carbocycles. The number of aromatic nitrogens is 1. The van der Waals surface area contributed by atoms with Gasteiger partial charge in [-0.25, -0.2) is 4.39 Å². The molecule has 1 saturated heterocycles. The van der Waals surface area contributed by atoms with Crippen molar-refractivity contribution in [1.82, 2.24) is 14.8 Å². The van der Waals surface area contributed by atoms with Crippen LogP contribution in [-0.4, -0.2) is 38.5 Å². The van der Waals surface area contributed by atoms with E-state index in [1.807, 2.05) is 0 Å². The number of hydrogen-bond acceptors (Lipinski definition) is 4. The molecule has 2 aliphatic heterocycles. The van der Waals surface area contributed by atoms with E-state index in [0.29, 0.717) is 18.5 Å². The number of aromatic hydroxyl groups is 1. The van der Waals surface area contributed by atoms with Crippen LogP contribution in [0.1, 0.15) is 51.2 Å². The molecule has 1 aromatic carbocycles. The topological polar surface area (TPSA) is 91.6 Å².